The Morgan fingerprint density at radius 3 is 2.42 bits per heavy atom. The van der Waals surface area contributed by atoms with E-state index in [1.54, 1.807) is 12.1 Å². The summed E-state index contributed by atoms with van der Waals surface area (Å²) < 4.78 is 19.8. The number of ether oxygens (including phenoxy) is 1. The highest BCUT2D eigenvalue weighted by Crippen LogP contribution is 2.33. The summed E-state index contributed by atoms with van der Waals surface area (Å²) in [4.78, 5) is 13.3. The first-order valence-electron chi connectivity index (χ1n) is 8.00. The van der Waals surface area contributed by atoms with Gasteiger partial charge in [0.2, 0.25) is 0 Å². The molecule has 2 aromatic carbocycles. The van der Waals surface area contributed by atoms with Crippen LogP contribution >= 0.6 is 34.8 Å². The van der Waals surface area contributed by atoms with Crippen LogP contribution < -0.4 is 15.4 Å². The molecule has 1 aliphatic rings. The van der Waals surface area contributed by atoms with E-state index in [9.17, 15) is 9.18 Å². The lowest BCUT2D eigenvalue weighted by Crippen LogP contribution is -2.38. The molecule has 1 amide bonds. The quantitative estimate of drug-likeness (QED) is 0.767. The summed E-state index contributed by atoms with van der Waals surface area (Å²) in [5, 5.41) is 1.35. The average Bonchev–Trinajstić information content (AvgIpc) is 2.58. The molecule has 1 fully saturated rings. The van der Waals surface area contributed by atoms with Crippen LogP contribution in [-0.4, -0.2) is 25.1 Å². The summed E-state index contributed by atoms with van der Waals surface area (Å²) in [7, 11) is 0. The Morgan fingerprint density at radius 2 is 1.81 bits per heavy atom. The SMILES string of the molecule is NC(=O)c1cc(Cl)c(OC2CCN(c3ccc(Cl)cc3Cl)CC2)cc1F. The summed E-state index contributed by atoms with van der Waals surface area (Å²) in [6.45, 7) is 1.46. The topological polar surface area (TPSA) is 55.6 Å². The number of anilines is 1. The van der Waals surface area contributed by atoms with Crippen LogP contribution in [0.1, 0.15) is 23.2 Å². The first kappa shape index (κ1) is 19.1. The van der Waals surface area contributed by atoms with Crippen LogP contribution in [0.4, 0.5) is 10.1 Å². The minimum Gasteiger partial charge on any atom is -0.489 e. The molecule has 1 aliphatic heterocycles. The molecule has 0 aliphatic carbocycles. The van der Waals surface area contributed by atoms with E-state index in [1.807, 2.05) is 6.07 Å². The van der Waals surface area contributed by atoms with Gasteiger partial charge in [-0.1, -0.05) is 34.8 Å². The van der Waals surface area contributed by atoms with Crippen molar-refractivity contribution in [1.82, 2.24) is 0 Å². The standard InChI is InChI=1S/C18H16Cl3FN2O2/c19-10-1-2-16(13(20)7-10)24-5-3-11(4-6-24)26-17-9-15(22)12(18(23)25)8-14(17)21/h1-2,7-9,11H,3-6H2,(H2,23,25). The molecule has 2 N–H and O–H groups in total. The van der Waals surface area contributed by atoms with Gasteiger partial charge in [-0.05, 0) is 24.3 Å². The number of rotatable bonds is 4. The predicted octanol–water partition coefficient (Wildman–Crippen LogP) is 4.93. The van der Waals surface area contributed by atoms with Gasteiger partial charge in [-0.25, -0.2) is 4.39 Å². The normalized spacial score (nSPS) is 15.2. The first-order valence-corrected chi connectivity index (χ1v) is 9.14. The second-order valence-electron chi connectivity index (χ2n) is 6.03. The van der Waals surface area contributed by atoms with E-state index in [0.29, 0.717) is 22.9 Å². The van der Waals surface area contributed by atoms with E-state index < -0.39 is 11.7 Å². The highest BCUT2D eigenvalue weighted by Gasteiger charge is 2.24. The molecule has 0 spiro atoms. The minimum absolute atomic E-state index is 0.117. The number of carbonyl (C=O) groups is 1. The number of nitrogens with zero attached hydrogens (tertiary/aromatic N) is 1. The fraction of sp³-hybridized carbons (Fsp3) is 0.278. The van der Waals surface area contributed by atoms with E-state index in [1.165, 1.54) is 6.07 Å². The Kier molecular flexibility index (Phi) is 5.80. The maximum Gasteiger partial charge on any atom is 0.251 e. The van der Waals surface area contributed by atoms with Gasteiger partial charge in [0.15, 0.2) is 0 Å². The van der Waals surface area contributed by atoms with E-state index in [2.05, 4.69) is 4.90 Å². The summed E-state index contributed by atoms with van der Waals surface area (Å²) in [6, 6.07) is 7.70. The molecule has 2 aromatic rings. The summed E-state index contributed by atoms with van der Waals surface area (Å²) in [5.41, 5.74) is 5.77. The van der Waals surface area contributed by atoms with Crippen LogP contribution in [0, 0.1) is 5.82 Å². The number of piperidine rings is 1. The number of benzene rings is 2. The van der Waals surface area contributed by atoms with E-state index in [0.717, 1.165) is 24.8 Å². The third kappa shape index (κ3) is 4.17. The van der Waals surface area contributed by atoms with E-state index in [-0.39, 0.29) is 22.4 Å². The lowest BCUT2D eigenvalue weighted by molar-refractivity contribution is 0.0996. The van der Waals surface area contributed by atoms with Crippen molar-refractivity contribution < 1.29 is 13.9 Å². The summed E-state index contributed by atoms with van der Waals surface area (Å²) in [5.74, 6) is -1.41. The number of amides is 1. The predicted molar refractivity (Wildman–Crippen MR) is 102 cm³/mol. The summed E-state index contributed by atoms with van der Waals surface area (Å²) >= 11 is 18.3. The monoisotopic (exact) mass is 416 g/mol. The Hall–Kier alpha value is -1.69. The number of hydrogen-bond acceptors (Lipinski definition) is 3. The lowest BCUT2D eigenvalue weighted by atomic mass is 10.1. The number of nitrogens with two attached hydrogens (primary N) is 1. The van der Waals surface area contributed by atoms with Crippen LogP contribution in [0.15, 0.2) is 30.3 Å². The Balaban J connectivity index is 1.66. The highest BCUT2D eigenvalue weighted by atomic mass is 35.5. The molecule has 4 nitrogen and oxygen atoms in total. The minimum atomic E-state index is -0.871. The van der Waals surface area contributed by atoms with Crippen molar-refractivity contribution in [2.75, 3.05) is 18.0 Å². The fourth-order valence-corrected chi connectivity index (χ4v) is 3.68. The molecule has 0 bridgehead atoms. The second kappa shape index (κ2) is 7.91. The molecule has 0 aromatic heterocycles. The number of halogens is 4. The van der Waals surface area contributed by atoms with Crippen LogP contribution in [0.25, 0.3) is 0 Å². The Labute approximate surface area is 165 Å². The van der Waals surface area contributed by atoms with Crippen LogP contribution in [0.5, 0.6) is 5.75 Å². The molecule has 1 saturated heterocycles. The van der Waals surface area contributed by atoms with Gasteiger partial charge in [-0.3, -0.25) is 4.79 Å². The van der Waals surface area contributed by atoms with Gasteiger partial charge in [0.1, 0.15) is 17.7 Å². The zero-order valence-electron chi connectivity index (χ0n) is 13.6. The largest absolute Gasteiger partial charge is 0.489 e. The van der Waals surface area contributed by atoms with Crippen molar-refractivity contribution in [3.63, 3.8) is 0 Å². The lowest BCUT2D eigenvalue weighted by Gasteiger charge is -2.34. The second-order valence-corrected chi connectivity index (χ2v) is 7.28. The highest BCUT2D eigenvalue weighted by molar-refractivity contribution is 6.36. The van der Waals surface area contributed by atoms with Gasteiger partial charge < -0.3 is 15.4 Å². The van der Waals surface area contributed by atoms with E-state index in [4.69, 9.17) is 45.3 Å². The molecule has 0 atom stereocenters. The van der Waals surface area contributed by atoms with Crippen molar-refractivity contribution in [1.29, 1.82) is 0 Å². The Bertz CT molecular complexity index is 839. The average molecular weight is 418 g/mol. The van der Waals surface area contributed by atoms with E-state index >= 15 is 0 Å². The van der Waals surface area contributed by atoms with Crippen LogP contribution in [-0.2, 0) is 0 Å². The molecule has 0 saturated carbocycles. The van der Waals surface area contributed by atoms with Crippen molar-refractivity contribution in [2.45, 2.75) is 18.9 Å². The summed E-state index contributed by atoms with van der Waals surface area (Å²) in [6.07, 6.45) is 1.32. The van der Waals surface area contributed by atoms with Crippen LogP contribution in [0.3, 0.4) is 0 Å². The van der Waals surface area contributed by atoms with Gasteiger partial charge >= 0.3 is 0 Å². The molecular weight excluding hydrogens is 402 g/mol. The zero-order chi connectivity index (χ0) is 18.8. The van der Waals surface area contributed by atoms with Crippen molar-refractivity contribution in [3.05, 3.63) is 56.8 Å². The number of primary amides is 1. The van der Waals surface area contributed by atoms with Gasteiger partial charge in [0, 0.05) is 37.0 Å². The maximum atomic E-state index is 13.9. The molecule has 8 heteroatoms. The van der Waals surface area contributed by atoms with Crippen LogP contribution in [0.2, 0.25) is 15.1 Å². The number of hydrogen-bond donors (Lipinski definition) is 1. The molecule has 138 valence electrons. The molecule has 1 heterocycles. The fourth-order valence-electron chi connectivity index (χ4n) is 2.94. The number of carbonyl (C=O) groups excluding carboxylic acids is 1. The van der Waals surface area contributed by atoms with Crippen molar-refractivity contribution in [3.8, 4) is 5.75 Å². The van der Waals surface area contributed by atoms with Gasteiger partial charge in [0.05, 0.1) is 21.3 Å². The van der Waals surface area contributed by atoms with Gasteiger partial charge in [-0.2, -0.15) is 0 Å². The van der Waals surface area contributed by atoms with Gasteiger partial charge in [0.25, 0.3) is 5.91 Å². The molecule has 0 unspecified atom stereocenters. The third-order valence-corrected chi connectivity index (χ3v) is 5.11. The first-order chi connectivity index (χ1) is 12.3. The van der Waals surface area contributed by atoms with Gasteiger partial charge in [-0.15, -0.1) is 0 Å². The zero-order valence-corrected chi connectivity index (χ0v) is 15.9. The van der Waals surface area contributed by atoms with Crippen molar-refractivity contribution >= 4 is 46.4 Å². The molecule has 26 heavy (non-hydrogen) atoms. The molecule has 3 rings (SSSR count). The smallest absolute Gasteiger partial charge is 0.251 e. The Morgan fingerprint density at radius 1 is 1.12 bits per heavy atom. The molecule has 0 radical (unpaired) electrons. The van der Waals surface area contributed by atoms with Crippen molar-refractivity contribution in [2.24, 2.45) is 5.73 Å². The third-order valence-electron chi connectivity index (χ3n) is 4.27. The maximum absolute atomic E-state index is 13.9. The molecular formula is C18H16Cl3FN2O2.